The van der Waals surface area contributed by atoms with Crippen molar-refractivity contribution >= 4 is 5.91 Å². The maximum absolute atomic E-state index is 11.9. The van der Waals surface area contributed by atoms with Gasteiger partial charge in [-0.05, 0) is 30.9 Å². The number of benzene rings is 1. The third-order valence-corrected chi connectivity index (χ3v) is 3.38. The van der Waals surface area contributed by atoms with Gasteiger partial charge in [-0.15, -0.1) is 0 Å². The fourth-order valence-corrected chi connectivity index (χ4v) is 1.74. The number of carbonyl (C=O) groups excluding carboxylic acids is 1. The summed E-state index contributed by atoms with van der Waals surface area (Å²) in [5.41, 5.74) is 2.50. The molecule has 1 aromatic rings. The molecule has 0 bridgehead atoms. The molecule has 0 spiro atoms. The Morgan fingerprint density at radius 2 is 1.83 bits per heavy atom. The molecule has 0 aliphatic heterocycles. The second-order valence-electron chi connectivity index (χ2n) is 4.71. The molecule has 3 heteroatoms. The van der Waals surface area contributed by atoms with Gasteiger partial charge in [0.2, 0.25) is 5.91 Å². The number of aryl methyl sites for hydroxylation is 2. The molecule has 0 radical (unpaired) electrons. The van der Waals surface area contributed by atoms with Gasteiger partial charge < -0.3 is 10.0 Å². The van der Waals surface area contributed by atoms with Gasteiger partial charge in [-0.3, -0.25) is 4.79 Å². The molecule has 0 heterocycles. The summed E-state index contributed by atoms with van der Waals surface area (Å²) >= 11 is 0. The van der Waals surface area contributed by atoms with Crippen LogP contribution in [0.25, 0.3) is 0 Å². The van der Waals surface area contributed by atoms with Gasteiger partial charge in [0.15, 0.2) is 0 Å². The van der Waals surface area contributed by atoms with Crippen LogP contribution >= 0.6 is 0 Å². The van der Waals surface area contributed by atoms with Crippen molar-refractivity contribution in [3.05, 3.63) is 35.4 Å². The van der Waals surface area contributed by atoms with E-state index in [9.17, 15) is 4.79 Å². The first-order valence-corrected chi connectivity index (χ1v) is 6.52. The van der Waals surface area contributed by atoms with E-state index in [-0.39, 0.29) is 18.6 Å². The molecule has 100 valence electrons. The SMILES string of the molecule is CCc1ccc(CCC(=O)N(C)C(C)CO)cc1. The molecule has 1 aromatic carbocycles. The molecule has 0 aliphatic carbocycles. The molecule has 1 N–H and O–H groups in total. The topological polar surface area (TPSA) is 40.5 Å². The van der Waals surface area contributed by atoms with Crippen molar-refractivity contribution in [3.8, 4) is 0 Å². The van der Waals surface area contributed by atoms with E-state index >= 15 is 0 Å². The third kappa shape index (κ3) is 4.15. The van der Waals surface area contributed by atoms with Crippen molar-refractivity contribution < 1.29 is 9.90 Å². The maximum atomic E-state index is 11.9. The molecule has 1 unspecified atom stereocenters. The normalized spacial score (nSPS) is 12.2. The maximum Gasteiger partial charge on any atom is 0.222 e. The summed E-state index contributed by atoms with van der Waals surface area (Å²) in [6.45, 7) is 3.98. The van der Waals surface area contributed by atoms with Crippen LogP contribution in [-0.4, -0.2) is 35.6 Å². The van der Waals surface area contributed by atoms with Crippen molar-refractivity contribution in [3.63, 3.8) is 0 Å². The highest BCUT2D eigenvalue weighted by atomic mass is 16.3. The van der Waals surface area contributed by atoms with Crippen LogP contribution in [0, 0.1) is 0 Å². The van der Waals surface area contributed by atoms with Gasteiger partial charge >= 0.3 is 0 Å². The molecule has 0 saturated carbocycles. The number of nitrogens with zero attached hydrogens (tertiary/aromatic N) is 1. The van der Waals surface area contributed by atoms with Crippen molar-refractivity contribution in [2.24, 2.45) is 0 Å². The molecule has 18 heavy (non-hydrogen) atoms. The van der Waals surface area contributed by atoms with Gasteiger partial charge in [0.1, 0.15) is 0 Å². The second kappa shape index (κ2) is 7.17. The first kappa shape index (κ1) is 14.7. The molecule has 1 atom stereocenters. The molecule has 3 nitrogen and oxygen atoms in total. The summed E-state index contributed by atoms with van der Waals surface area (Å²) in [5.74, 6) is 0.0797. The standard InChI is InChI=1S/C15H23NO2/c1-4-13-5-7-14(8-6-13)9-10-15(18)16(3)12(2)11-17/h5-8,12,17H,4,9-11H2,1-3H3. The molecule has 0 aliphatic rings. The van der Waals surface area contributed by atoms with Crippen LogP contribution in [0.1, 0.15) is 31.4 Å². The lowest BCUT2D eigenvalue weighted by Crippen LogP contribution is -2.37. The summed E-state index contributed by atoms with van der Waals surface area (Å²) in [4.78, 5) is 13.5. The van der Waals surface area contributed by atoms with Crippen LogP contribution in [0.3, 0.4) is 0 Å². The summed E-state index contributed by atoms with van der Waals surface area (Å²) in [5, 5.41) is 9.00. The van der Waals surface area contributed by atoms with E-state index in [2.05, 4.69) is 31.2 Å². The van der Waals surface area contributed by atoms with Crippen molar-refractivity contribution in [1.29, 1.82) is 0 Å². The minimum atomic E-state index is -0.111. The van der Waals surface area contributed by atoms with Crippen molar-refractivity contribution in [1.82, 2.24) is 4.90 Å². The quantitative estimate of drug-likeness (QED) is 0.838. The second-order valence-corrected chi connectivity index (χ2v) is 4.71. The van der Waals surface area contributed by atoms with Crippen LogP contribution in [0.15, 0.2) is 24.3 Å². The molecular weight excluding hydrogens is 226 g/mol. The largest absolute Gasteiger partial charge is 0.394 e. The van der Waals surface area contributed by atoms with Gasteiger partial charge in [0.25, 0.3) is 0 Å². The number of aliphatic hydroxyl groups is 1. The fourth-order valence-electron chi connectivity index (χ4n) is 1.74. The van der Waals surface area contributed by atoms with Crippen LogP contribution in [-0.2, 0) is 17.6 Å². The first-order valence-electron chi connectivity index (χ1n) is 6.52. The number of carbonyl (C=O) groups is 1. The lowest BCUT2D eigenvalue weighted by Gasteiger charge is -2.23. The van der Waals surface area contributed by atoms with E-state index < -0.39 is 0 Å². The van der Waals surface area contributed by atoms with Crippen LogP contribution in [0.5, 0.6) is 0 Å². The van der Waals surface area contributed by atoms with Crippen LogP contribution in [0.4, 0.5) is 0 Å². The van der Waals surface area contributed by atoms with E-state index in [1.54, 1.807) is 11.9 Å². The number of amides is 1. The minimum Gasteiger partial charge on any atom is -0.394 e. The third-order valence-electron chi connectivity index (χ3n) is 3.38. The zero-order valence-corrected chi connectivity index (χ0v) is 11.5. The predicted molar refractivity (Wildman–Crippen MR) is 73.5 cm³/mol. The van der Waals surface area contributed by atoms with Crippen LogP contribution < -0.4 is 0 Å². The smallest absolute Gasteiger partial charge is 0.222 e. The Hall–Kier alpha value is -1.35. The number of aliphatic hydroxyl groups excluding tert-OH is 1. The summed E-state index contributed by atoms with van der Waals surface area (Å²) in [6, 6.07) is 8.28. The Balaban J connectivity index is 2.46. The van der Waals surface area contributed by atoms with E-state index in [0.29, 0.717) is 6.42 Å². The van der Waals surface area contributed by atoms with E-state index in [1.165, 1.54) is 11.1 Å². The van der Waals surface area contributed by atoms with Gasteiger partial charge in [-0.2, -0.15) is 0 Å². The number of hydrogen-bond donors (Lipinski definition) is 1. The molecular formula is C15H23NO2. The predicted octanol–water partition coefficient (Wildman–Crippen LogP) is 2.02. The minimum absolute atomic E-state index is 0.00738. The van der Waals surface area contributed by atoms with Gasteiger partial charge in [-0.1, -0.05) is 31.2 Å². The summed E-state index contributed by atoms with van der Waals surface area (Å²) < 4.78 is 0. The molecule has 1 rings (SSSR count). The summed E-state index contributed by atoms with van der Waals surface area (Å²) in [7, 11) is 1.74. The fraction of sp³-hybridized carbons (Fsp3) is 0.533. The number of hydrogen-bond acceptors (Lipinski definition) is 2. The monoisotopic (exact) mass is 249 g/mol. The Labute approximate surface area is 109 Å². The van der Waals surface area contributed by atoms with E-state index in [1.807, 2.05) is 6.92 Å². The zero-order chi connectivity index (χ0) is 13.5. The number of rotatable bonds is 6. The Morgan fingerprint density at radius 3 is 2.33 bits per heavy atom. The van der Waals surface area contributed by atoms with Gasteiger partial charge in [-0.25, -0.2) is 0 Å². The van der Waals surface area contributed by atoms with Crippen molar-refractivity contribution in [2.75, 3.05) is 13.7 Å². The number of likely N-dealkylation sites (N-methyl/N-ethyl adjacent to an activating group) is 1. The highest BCUT2D eigenvalue weighted by molar-refractivity contribution is 5.76. The Morgan fingerprint density at radius 1 is 1.28 bits per heavy atom. The van der Waals surface area contributed by atoms with Crippen LogP contribution in [0.2, 0.25) is 0 Å². The van der Waals surface area contributed by atoms with E-state index in [4.69, 9.17) is 5.11 Å². The van der Waals surface area contributed by atoms with E-state index in [0.717, 1.165) is 12.8 Å². The van der Waals surface area contributed by atoms with Gasteiger partial charge in [0.05, 0.1) is 12.6 Å². The molecule has 0 aromatic heterocycles. The van der Waals surface area contributed by atoms with Crippen molar-refractivity contribution in [2.45, 2.75) is 39.2 Å². The molecule has 0 fully saturated rings. The average Bonchev–Trinajstić information content (AvgIpc) is 2.43. The highest BCUT2D eigenvalue weighted by Crippen LogP contribution is 2.09. The Bertz CT molecular complexity index is 373. The lowest BCUT2D eigenvalue weighted by molar-refractivity contribution is -0.132. The Kier molecular flexibility index (Phi) is 5.86. The van der Waals surface area contributed by atoms with Gasteiger partial charge in [0, 0.05) is 13.5 Å². The average molecular weight is 249 g/mol. The zero-order valence-electron chi connectivity index (χ0n) is 11.5. The highest BCUT2D eigenvalue weighted by Gasteiger charge is 2.14. The molecule has 1 amide bonds. The summed E-state index contributed by atoms with van der Waals surface area (Å²) in [6.07, 6.45) is 2.29. The first-order chi connectivity index (χ1) is 8.58. The molecule has 0 saturated heterocycles. The lowest BCUT2D eigenvalue weighted by atomic mass is 10.1.